The summed E-state index contributed by atoms with van der Waals surface area (Å²) in [6.45, 7) is 5.83. The summed E-state index contributed by atoms with van der Waals surface area (Å²) >= 11 is 0. The number of nitrogens with two attached hydrogens (primary N) is 1. The molecule has 1 aliphatic rings. The Balaban J connectivity index is 2.18. The van der Waals surface area contributed by atoms with Crippen molar-refractivity contribution in [3.8, 4) is 5.75 Å². The van der Waals surface area contributed by atoms with Crippen LogP contribution < -0.4 is 10.5 Å². The normalized spacial score (nSPS) is 15.2. The standard InChI is InChI=1S/C14H21NO/c1-10-3-6-13(7-8-15)14(11(10)2)16-9-12-4-5-12/h3,6,12H,4-5,7-9,15H2,1-2H3. The molecular weight excluding hydrogens is 198 g/mol. The minimum absolute atomic E-state index is 0.683. The van der Waals surface area contributed by atoms with Crippen LogP contribution in [0.3, 0.4) is 0 Å². The molecule has 88 valence electrons. The molecule has 2 rings (SSSR count). The van der Waals surface area contributed by atoms with Gasteiger partial charge in [-0.2, -0.15) is 0 Å². The summed E-state index contributed by atoms with van der Waals surface area (Å²) in [4.78, 5) is 0. The van der Waals surface area contributed by atoms with E-state index >= 15 is 0 Å². The molecule has 2 heteroatoms. The lowest BCUT2D eigenvalue weighted by molar-refractivity contribution is 0.294. The predicted molar refractivity (Wildman–Crippen MR) is 66.9 cm³/mol. The van der Waals surface area contributed by atoms with Crippen LogP contribution in [0.5, 0.6) is 5.75 Å². The summed E-state index contributed by atoms with van der Waals surface area (Å²) in [5.74, 6) is 1.88. The molecule has 0 radical (unpaired) electrons. The number of ether oxygens (including phenoxy) is 1. The third kappa shape index (κ3) is 2.56. The van der Waals surface area contributed by atoms with Crippen LogP contribution in [0.2, 0.25) is 0 Å². The third-order valence-electron chi connectivity index (χ3n) is 3.33. The molecule has 0 aliphatic heterocycles. The molecule has 0 bridgehead atoms. The van der Waals surface area contributed by atoms with Crippen molar-refractivity contribution in [3.63, 3.8) is 0 Å². The van der Waals surface area contributed by atoms with Crippen molar-refractivity contribution >= 4 is 0 Å². The fourth-order valence-electron chi connectivity index (χ4n) is 1.89. The van der Waals surface area contributed by atoms with E-state index in [9.17, 15) is 0 Å². The van der Waals surface area contributed by atoms with Crippen molar-refractivity contribution < 1.29 is 4.74 Å². The second-order valence-electron chi connectivity index (χ2n) is 4.79. The Hall–Kier alpha value is -1.02. The molecule has 2 N–H and O–H groups in total. The molecule has 0 unspecified atom stereocenters. The van der Waals surface area contributed by atoms with Crippen LogP contribution in [0.25, 0.3) is 0 Å². The van der Waals surface area contributed by atoms with Crippen LogP contribution in [0.15, 0.2) is 12.1 Å². The van der Waals surface area contributed by atoms with Gasteiger partial charge in [-0.25, -0.2) is 0 Å². The Morgan fingerprint density at radius 3 is 2.69 bits per heavy atom. The van der Waals surface area contributed by atoms with Gasteiger partial charge >= 0.3 is 0 Å². The Morgan fingerprint density at radius 2 is 2.06 bits per heavy atom. The van der Waals surface area contributed by atoms with Crippen molar-refractivity contribution in [1.82, 2.24) is 0 Å². The van der Waals surface area contributed by atoms with E-state index in [0.29, 0.717) is 6.54 Å². The molecule has 0 heterocycles. The van der Waals surface area contributed by atoms with E-state index < -0.39 is 0 Å². The minimum atomic E-state index is 0.683. The van der Waals surface area contributed by atoms with Gasteiger partial charge in [-0.1, -0.05) is 12.1 Å². The van der Waals surface area contributed by atoms with E-state index in [-0.39, 0.29) is 0 Å². The van der Waals surface area contributed by atoms with Crippen LogP contribution in [0, 0.1) is 19.8 Å². The molecule has 0 aromatic heterocycles. The zero-order valence-corrected chi connectivity index (χ0v) is 10.3. The predicted octanol–water partition coefficient (Wildman–Crippen LogP) is 2.59. The highest BCUT2D eigenvalue weighted by Gasteiger charge is 2.22. The molecule has 1 aliphatic carbocycles. The molecule has 1 aromatic carbocycles. The van der Waals surface area contributed by atoms with Crippen molar-refractivity contribution in [1.29, 1.82) is 0 Å². The SMILES string of the molecule is Cc1ccc(CCN)c(OCC2CC2)c1C. The Labute approximate surface area is 97.8 Å². The molecule has 0 atom stereocenters. The van der Waals surface area contributed by atoms with Gasteiger partial charge in [0.2, 0.25) is 0 Å². The van der Waals surface area contributed by atoms with E-state index in [1.807, 2.05) is 0 Å². The first-order chi connectivity index (χ1) is 7.72. The van der Waals surface area contributed by atoms with Gasteiger partial charge in [0, 0.05) is 0 Å². The number of hydrogen-bond donors (Lipinski definition) is 1. The summed E-state index contributed by atoms with van der Waals surface area (Å²) in [5.41, 5.74) is 9.45. The van der Waals surface area contributed by atoms with E-state index in [2.05, 4.69) is 26.0 Å². The monoisotopic (exact) mass is 219 g/mol. The second kappa shape index (κ2) is 4.88. The zero-order chi connectivity index (χ0) is 11.5. The maximum Gasteiger partial charge on any atom is 0.125 e. The van der Waals surface area contributed by atoms with Crippen molar-refractivity contribution in [3.05, 3.63) is 28.8 Å². The Kier molecular flexibility index (Phi) is 3.49. The third-order valence-corrected chi connectivity index (χ3v) is 3.33. The average molecular weight is 219 g/mol. The summed E-state index contributed by atoms with van der Waals surface area (Å²) in [6.07, 6.45) is 3.56. The zero-order valence-electron chi connectivity index (χ0n) is 10.3. The first-order valence-electron chi connectivity index (χ1n) is 6.14. The van der Waals surface area contributed by atoms with Crippen LogP contribution in [-0.2, 0) is 6.42 Å². The number of rotatable bonds is 5. The lowest BCUT2D eigenvalue weighted by Crippen LogP contribution is -2.08. The minimum Gasteiger partial charge on any atom is -0.493 e. The smallest absolute Gasteiger partial charge is 0.125 e. The molecule has 1 aromatic rings. The van der Waals surface area contributed by atoms with Gasteiger partial charge in [0.05, 0.1) is 6.61 Å². The molecule has 1 fully saturated rings. The highest BCUT2D eigenvalue weighted by atomic mass is 16.5. The topological polar surface area (TPSA) is 35.2 Å². The van der Waals surface area contributed by atoms with Gasteiger partial charge in [0.25, 0.3) is 0 Å². The van der Waals surface area contributed by atoms with Crippen LogP contribution in [0.4, 0.5) is 0 Å². The number of hydrogen-bond acceptors (Lipinski definition) is 2. The fraction of sp³-hybridized carbons (Fsp3) is 0.571. The Bertz CT molecular complexity index is 369. The number of benzene rings is 1. The van der Waals surface area contributed by atoms with E-state index in [1.165, 1.54) is 29.5 Å². The summed E-state index contributed by atoms with van der Waals surface area (Å²) in [6, 6.07) is 4.31. The lowest BCUT2D eigenvalue weighted by atomic mass is 10.0. The van der Waals surface area contributed by atoms with E-state index in [4.69, 9.17) is 10.5 Å². The van der Waals surface area contributed by atoms with Gasteiger partial charge < -0.3 is 10.5 Å². The number of aryl methyl sites for hydroxylation is 1. The molecule has 0 saturated heterocycles. The Morgan fingerprint density at radius 1 is 1.31 bits per heavy atom. The lowest BCUT2D eigenvalue weighted by Gasteiger charge is -2.15. The van der Waals surface area contributed by atoms with Crippen LogP contribution in [0.1, 0.15) is 29.5 Å². The first kappa shape index (κ1) is 11.5. The van der Waals surface area contributed by atoms with Gasteiger partial charge in [0.1, 0.15) is 5.75 Å². The average Bonchev–Trinajstić information content (AvgIpc) is 3.07. The maximum absolute atomic E-state index is 5.97. The van der Waals surface area contributed by atoms with Crippen molar-refractivity contribution in [2.45, 2.75) is 33.1 Å². The fourth-order valence-corrected chi connectivity index (χ4v) is 1.89. The molecule has 0 amide bonds. The second-order valence-corrected chi connectivity index (χ2v) is 4.79. The van der Waals surface area contributed by atoms with Gasteiger partial charge in [-0.15, -0.1) is 0 Å². The summed E-state index contributed by atoms with van der Waals surface area (Å²) < 4.78 is 5.97. The quantitative estimate of drug-likeness (QED) is 0.826. The highest BCUT2D eigenvalue weighted by Crippen LogP contribution is 2.32. The van der Waals surface area contributed by atoms with E-state index in [1.54, 1.807) is 0 Å². The van der Waals surface area contributed by atoms with Crippen molar-refractivity contribution in [2.75, 3.05) is 13.2 Å². The molecular formula is C14H21NO. The molecule has 16 heavy (non-hydrogen) atoms. The summed E-state index contributed by atoms with van der Waals surface area (Å²) in [5, 5.41) is 0. The molecule has 2 nitrogen and oxygen atoms in total. The van der Waals surface area contributed by atoms with Gasteiger partial charge in [-0.05, 0) is 62.3 Å². The van der Waals surface area contributed by atoms with Crippen molar-refractivity contribution in [2.24, 2.45) is 11.7 Å². The van der Waals surface area contributed by atoms with Crippen LogP contribution >= 0.6 is 0 Å². The highest BCUT2D eigenvalue weighted by molar-refractivity contribution is 5.45. The molecule has 0 spiro atoms. The van der Waals surface area contributed by atoms with Crippen LogP contribution in [-0.4, -0.2) is 13.2 Å². The van der Waals surface area contributed by atoms with E-state index in [0.717, 1.165) is 24.7 Å². The van der Waals surface area contributed by atoms with Gasteiger partial charge in [-0.3, -0.25) is 0 Å². The molecule has 1 saturated carbocycles. The maximum atomic E-state index is 5.97. The van der Waals surface area contributed by atoms with Gasteiger partial charge in [0.15, 0.2) is 0 Å². The summed E-state index contributed by atoms with van der Waals surface area (Å²) in [7, 11) is 0. The first-order valence-corrected chi connectivity index (χ1v) is 6.14. The largest absolute Gasteiger partial charge is 0.493 e.